The molecule has 0 amide bonds. The van der Waals surface area contributed by atoms with E-state index in [1.54, 1.807) is 0 Å². The van der Waals surface area contributed by atoms with Crippen molar-refractivity contribution in [2.75, 3.05) is 0 Å². The largest absolute Gasteiger partial charge is 3.00 e. The molecule has 18 heavy (non-hydrogen) atoms. The quantitative estimate of drug-likeness (QED) is 0.392. The van der Waals surface area contributed by atoms with Crippen molar-refractivity contribution >= 4 is 0 Å². The summed E-state index contributed by atoms with van der Waals surface area (Å²) in [6, 6.07) is 3.24. The van der Waals surface area contributed by atoms with E-state index in [0.717, 1.165) is 5.56 Å². The van der Waals surface area contributed by atoms with Crippen LogP contribution in [0.3, 0.4) is 0 Å². The van der Waals surface area contributed by atoms with E-state index in [0.29, 0.717) is 0 Å². The first kappa shape index (κ1) is 42.8. The summed E-state index contributed by atoms with van der Waals surface area (Å²) >= 11 is 0. The summed E-state index contributed by atoms with van der Waals surface area (Å²) < 4.78 is 0. The summed E-state index contributed by atoms with van der Waals surface area (Å²) in [5.74, 6) is 0. The van der Waals surface area contributed by atoms with Crippen molar-refractivity contribution < 1.29 is 52.2 Å². The van der Waals surface area contributed by atoms with Gasteiger partial charge in [-0.3, -0.25) is 5.56 Å². The number of rotatable bonds is 0. The van der Waals surface area contributed by atoms with E-state index >= 15 is 0 Å². The molecule has 1 aromatic carbocycles. The zero-order valence-electron chi connectivity index (χ0n) is 12.2. The van der Waals surface area contributed by atoms with Gasteiger partial charge in [-0.1, -0.05) is 26.8 Å². The van der Waals surface area contributed by atoms with E-state index in [-0.39, 0.29) is 88.0 Å². The van der Waals surface area contributed by atoms with Gasteiger partial charge in [0.2, 0.25) is 0 Å². The zero-order valence-corrected chi connectivity index (χ0v) is 16.8. The first-order valence-electron chi connectivity index (χ1n) is 3.85. The maximum Gasteiger partial charge on any atom is 3.00 e. The van der Waals surface area contributed by atoms with Crippen LogP contribution < -0.4 is 0 Å². The smallest absolute Gasteiger partial charge is 0.693 e. The molecule has 0 bridgehead atoms. The summed E-state index contributed by atoms with van der Waals surface area (Å²) in [5, 5.41) is 0. The fourth-order valence-electron chi connectivity index (χ4n) is 1.20. The molecule has 0 aromatic heterocycles. The summed E-state index contributed by atoms with van der Waals surface area (Å²) in [6.45, 7) is 12.4. The van der Waals surface area contributed by atoms with Gasteiger partial charge in [-0.05, 0) is 6.92 Å². The van der Waals surface area contributed by atoms with Crippen LogP contribution in [0.25, 0.3) is 6.15 Å². The predicted octanol–water partition coefficient (Wildman–Crippen LogP) is 5.60. The fourth-order valence-corrected chi connectivity index (χ4v) is 1.20. The van der Waals surface area contributed by atoms with Gasteiger partial charge in [0.1, 0.15) is 0 Å². The van der Waals surface area contributed by atoms with Crippen LogP contribution in [-0.2, 0) is 52.2 Å². The first-order valence-corrected chi connectivity index (χ1v) is 3.85. The van der Waals surface area contributed by atoms with Gasteiger partial charge in [0.15, 0.2) is 0 Å². The monoisotopic (exact) mass is 414 g/mol. The third-order valence-electron chi connectivity index (χ3n) is 2.48. The minimum absolute atomic E-state index is 0. The summed E-state index contributed by atoms with van der Waals surface area (Å²) in [5.41, 5.74) is 6.22. The summed E-state index contributed by atoms with van der Waals surface area (Å²) in [6.07, 6.45) is 0. The number of hydrogen-bond donors (Lipinski definition) is 0. The van der Waals surface area contributed by atoms with E-state index < -0.39 is 0 Å². The Balaban J connectivity index is -0.0000000346. The van der Waals surface area contributed by atoms with Gasteiger partial charge >= 0.3 is 52.2 Å². The maximum atomic E-state index is 3.93. The van der Waals surface area contributed by atoms with Gasteiger partial charge in [-0.2, -0.15) is 11.1 Å². The number of hydrogen-bond acceptors (Lipinski definition) is 0. The summed E-state index contributed by atoms with van der Waals surface area (Å²) in [7, 11) is 0. The molecule has 2 N–H and O–H groups in total. The Morgan fingerprint density at radius 3 is 1.50 bits per heavy atom. The van der Waals surface area contributed by atoms with Crippen LogP contribution in [0.5, 0.6) is 0 Å². The van der Waals surface area contributed by atoms with Gasteiger partial charge in [-0.25, -0.2) is 0 Å². The third-order valence-corrected chi connectivity index (χ3v) is 2.48. The molecule has 0 aliphatic rings. The molecular weight excluding hydrogens is 384 g/mol. The molecule has 0 saturated carbocycles. The van der Waals surface area contributed by atoms with Crippen molar-refractivity contribution in [2.24, 2.45) is 0 Å². The molecule has 105 valence electrons. The van der Waals surface area contributed by atoms with Gasteiger partial charge in [0, 0.05) is 0 Å². The minimum Gasteiger partial charge on any atom is -0.693 e. The van der Waals surface area contributed by atoms with Gasteiger partial charge in [0.05, 0.1) is 0 Å². The van der Waals surface area contributed by atoms with Crippen molar-refractivity contribution in [1.29, 1.82) is 0 Å². The Hall–Kier alpha value is 0.777. The first-order chi connectivity index (χ1) is 5.04. The average Bonchev–Trinajstić information content (AvgIpc) is 1.97. The molecule has 1 aromatic rings. The Bertz CT molecular complexity index is 273. The van der Waals surface area contributed by atoms with E-state index in [2.05, 4.69) is 40.7 Å². The van der Waals surface area contributed by atoms with Gasteiger partial charge in [0.25, 0.3) is 0 Å². The Morgan fingerprint density at radius 1 is 0.833 bits per heavy atom. The molecule has 0 saturated heterocycles. The molecule has 1 rings (SSSR count). The zero-order chi connectivity index (χ0) is 8.59. The molecule has 0 unspecified atom stereocenters. The second-order valence-corrected chi connectivity index (χ2v) is 3.10. The molecule has 0 aliphatic carbocycles. The molecule has 0 atom stereocenters. The second kappa shape index (κ2) is 17.8. The van der Waals surface area contributed by atoms with E-state index in [1.807, 2.05) is 0 Å². The van der Waals surface area contributed by atoms with Crippen molar-refractivity contribution in [1.82, 2.24) is 0 Å². The van der Waals surface area contributed by atoms with Crippen molar-refractivity contribution in [2.45, 2.75) is 35.1 Å². The topological polar surface area (TPSA) is 33.5 Å². The standard InChI is InChI=1S/C11H14.CH4.3CH3.H2N.Ru.Y/c1-7-6-8(2)10(4)11(5)9(7)3;;;;;;;/h1H2,2-5H3;1H4;3*1H3;1H2;;/q-2;;4*-1;2*+3. The number of aryl methyl sites for hydroxylation is 1. The molecular formula is C15H29NRuY. The normalized spacial score (nSPS) is 6.22. The van der Waals surface area contributed by atoms with Crippen molar-refractivity contribution in [3.63, 3.8) is 0 Å². The van der Waals surface area contributed by atoms with Gasteiger partial charge < -0.3 is 47.0 Å². The van der Waals surface area contributed by atoms with Crippen LogP contribution in [0.4, 0.5) is 0 Å². The minimum atomic E-state index is 0. The maximum absolute atomic E-state index is 3.93. The fraction of sp³-hybridized carbons (Fsp3) is 0.333. The van der Waals surface area contributed by atoms with Crippen LogP contribution in [0.1, 0.15) is 35.2 Å². The molecule has 1 nitrogen and oxygen atoms in total. The van der Waals surface area contributed by atoms with Crippen LogP contribution in [0.15, 0.2) is 0 Å². The SMILES string of the molecule is C.[CH2-]c1[c-]c(C)c(C)c(C)c1C.[CH3-].[CH3-].[CH3-].[NH2-].[Ru+3].[Y+3]. The molecule has 0 aliphatic heterocycles. The van der Waals surface area contributed by atoms with Gasteiger partial charge in [-0.15, -0.1) is 6.92 Å². The number of benzene rings is 1. The average molecular weight is 413 g/mol. The van der Waals surface area contributed by atoms with Crippen LogP contribution in [0, 0.1) is 63.0 Å². The molecule has 0 spiro atoms. The van der Waals surface area contributed by atoms with Crippen molar-refractivity contribution in [3.8, 4) is 0 Å². The second-order valence-electron chi connectivity index (χ2n) is 3.10. The Labute approximate surface area is 155 Å². The number of nitrogens with two attached hydrogens (primary N) is 1. The van der Waals surface area contributed by atoms with Crippen molar-refractivity contribution in [3.05, 3.63) is 69.2 Å². The van der Waals surface area contributed by atoms with E-state index in [9.17, 15) is 0 Å². The third kappa shape index (κ3) is 9.67. The van der Waals surface area contributed by atoms with Crippen LogP contribution in [-0.4, -0.2) is 0 Å². The van der Waals surface area contributed by atoms with Crippen LogP contribution >= 0.6 is 0 Å². The molecule has 0 fully saturated rings. The Kier molecular flexibility index (Phi) is 42.3. The molecule has 3 heteroatoms. The molecule has 1 radical (unpaired) electrons. The van der Waals surface area contributed by atoms with E-state index in [1.165, 1.54) is 22.3 Å². The summed E-state index contributed by atoms with van der Waals surface area (Å²) in [4.78, 5) is 0. The Morgan fingerprint density at radius 2 is 1.17 bits per heavy atom. The molecule has 0 heterocycles. The predicted molar refractivity (Wildman–Crippen MR) is 79.9 cm³/mol. The van der Waals surface area contributed by atoms with E-state index in [4.69, 9.17) is 0 Å². The van der Waals surface area contributed by atoms with Crippen LogP contribution in [0.2, 0.25) is 0 Å².